The quantitative estimate of drug-likeness (QED) is 0.497. The Kier molecular flexibility index (Phi) is 22.1. The predicted molar refractivity (Wildman–Crippen MR) is 83.2 cm³/mol. The summed E-state index contributed by atoms with van der Waals surface area (Å²) in [4.78, 5) is 3.25. The standard InChI is InChI=1S/2C7H9.CH2.2ClH.Ti/c2*1-2-7-5-3-4-6-7;;;;/h2*3,5H,2,4H2,1H3;1H2;2*1H;/q2*-1;;;;+2. The van der Waals surface area contributed by atoms with Crippen molar-refractivity contribution in [3.63, 3.8) is 0 Å². The van der Waals surface area contributed by atoms with Crippen LogP contribution in [0.25, 0.3) is 0 Å². The van der Waals surface area contributed by atoms with Crippen molar-refractivity contribution in [3.8, 4) is 0 Å². The molecule has 0 aromatic heterocycles. The van der Waals surface area contributed by atoms with Crippen molar-refractivity contribution in [1.82, 2.24) is 0 Å². The zero-order chi connectivity index (χ0) is 12.2. The molecule has 0 aliphatic heterocycles. The molecule has 0 atom stereocenters. The Morgan fingerprint density at radius 1 is 0.944 bits per heavy atom. The summed E-state index contributed by atoms with van der Waals surface area (Å²) in [6.07, 6.45) is 19.3. The van der Waals surface area contributed by atoms with E-state index in [-0.39, 0.29) is 24.8 Å². The van der Waals surface area contributed by atoms with Gasteiger partial charge in [0, 0.05) is 0 Å². The van der Waals surface area contributed by atoms with Crippen molar-refractivity contribution in [2.24, 2.45) is 0 Å². The molecule has 0 fully saturated rings. The Balaban J connectivity index is -0.000000200. The fraction of sp³-hybridized carbons (Fsp3) is 0.400. The topological polar surface area (TPSA) is 0 Å². The summed E-state index contributed by atoms with van der Waals surface area (Å²) in [6.45, 7) is 4.30. The molecule has 0 aromatic carbocycles. The van der Waals surface area contributed by atoms with Crippen molar-refractivity contribution < 1.29 is 20.0 Å². The molecule has 0 saturated carbocycles. The maximum absolute atomic E-state index is 3.25. The van der Waals surface area contributed by atoms with Gasteiger partial charge in [-0.3, -0.25) is 12.2 Å². The maximum atomic E-state index is 3.25. The number of halogens is 2. The minimum absolute atomic E-state index is 0. The SMILES string of the molecule is CCC1=[C-]CC=C1.CCC1=[C-]CC=C1.Cl.Cl.[CH2]=[Ti+2]. The summed E-state index contributed by atoms with van der Waals surface area (Å²) >= 11 is 1.75. The van der Waals surface area contributed by atoms with Gasteiger partial charge < -0.3 is 0 Å². The molecule has 0 amide bonds. The van der Waals surface area contributed by atoms with Crippen LogP contribution in [-0.4, -0.2) is 4.82 Å². The van der Waals surface area contributed by atoms with Crippen LogP contribution in [0.1, 0.15) is 39.5 Å². The van der Waals surface area contributed by atoms with Crippen LogP contribution in [0.5, 0.6) is 0 Å². The molecule has 0 bridgehead atoms. The van der Waals surface area contributed by atoms with Gasteiger partial charge in [-0.15, -0.1) is 37.7 Å². The van der Waals surface area contributed by atoms with Crippen LogP contribution in [0.4, 0.5) is 0 Å². The molecule has 0 aromatic rings. The molecule has 2 rings (SSSR count). The van der Waals surface area contributed by atoms with Gasteiger partial charge in [-0.25, -0.2) is 23.3 Å². The first-order valence-corrected chi connectivity index (χ1v) is 6.85. The number of allylic oxidation sites excluding steroid dienone is 8. The van der Waals surface area contributed by atoms with Crippen LogP contribution < -0.4 is 0 Å². The van der Waals surface area contributed by atoms with Crippen molar-refractivity contribution >= 4 is 29.6 Å². The van der Waals surface area contributed by atoms with Gasteiger partial charge in [0.05, 0.1) is 0 Å². The molecule has 0 heterocycles. The molecule has 18 heavy (non-hydrogen) atoms. The van der Waals surface area contributed by atoms with Gasteiger partial charge >= 0.3 is 24.8 Å². The first-order valence-electron chi connectivity index (χ1n) is 5.74. The zero-order valence-electron chi connectivity index (χ0n) is 11.2. The Hall–Kier alpha value is 0.124. The normalized spacial score (nSPS) is 14.0. The Labute approximate surface area is 136 Å². The van der Waals surface area contributed by atoms with Gasteiger partial charge in [0.25, 0.3) is 0 Å². The van der Waals surface area contributed by atoms with E-state index in [4.69, 9.17) is 0 Å². The van der Waals surface area contributed by atoms with Crippen molar-refractivity contribution in [3.05, 3.63) is 47.6 Å². The third kappa shape index (κ3) is 11.2. The van der Waals surface area contributed by atoms with Crippen LogP contribution in [0.2, 0.25) is 0 Å². The molecule has 0 nitrogen and oxygen atoms in total. The number of rotatable bonds is 2. The summed E-state index contributed by atoms with van der Waals surface area (Å²) in [5, 5.41) is 0. The predicted octanol–water partition coefficient (Wildman–Crippen LogP) is 4.98. The van der Waals surface area contributed by atoms with Crippen LogP contribution in [0.3, 0.4) is 0 Å². The zero-order valence-corrected chi connectivity index (χ0v) is 14.4. The molecule has 3 heteroatoms. The second-order valence-electron chi connectivity index (χ2n) is 3.32. The molecule has 2 aliphatic rings. The van der Waals surface area contributed by atoms with Gasteiger partial charge in [-0.2, -0.15) is 12.2 Å². The minimum atomic E-state index is 0. The average molecular weight is 321 g/mol. The van der Waals surface area contributed by atoms with Gasteiger partial charge in [0.15, 0.2) is 0 Å². The van der Waals surface area contributed by atoms with Crippen LogP contribution in [0.15, 0.2) is 35.5 Å². The van der Waals surface area contributed by atoms with Crippen LogP contribution in [-0.2, 0) is 20.0 Å². The molecule has 100 valence electrons. The first-order chi connectivity index (χ1) is 7.86. The van der Waals surface area contributed by atoms with E-state index >= 15 is 0 Å². The molecule has 0 spiro atoms. The second-order valence-corrected chi connectivity index (χ2v) is 3.32. The molecule has 0 N–H and O–H groups in total. The van der Waals surface area contributed by atoms with E-state index in [2.05, 4.69) is 55.1 Å². The summed E-state index contributed by atoms with van der Waals surface area (Å²) in [5.41, 5.74) is 2.72. The van der Waals surface area contributed by atoms with E-state index in [1.807, 2.05) is 0 Å². The fourth-order valence-electron chi connectivity index (χ4n) is 1.39. The Morgan fingerprint density at radius 3 is 1.39 bits per heavy atom. The van der Waals surface area contributed by atoms with Gasteiger partial charge in [0.1, 0.15) is 0 Å². The fourth-order valence-corrected chi connectivity index (χ4v) is 1.39. The third-order valence-electron chi connectivity index (χ3n) is 2.29. The third-order valence-corrected chi connectivity index (χ3v) is 2.29. The molecule has 0 saturated heterocycles. The van der Waals surface area contributed by atoms with Crippen molar-refractivity contribution in [2.45, 2.75) is 39.5 Å². The molecule has 0 unspecified atom stereocenters. The molecule has 2 aliphatic carbocycles. The van der Waals surface area contributed by atoms with Gasteiger partial charge in [-0.1, -0.05) is 26.7 Å². The molecule has 0 radical (unpaired) electrons. The van der Waals surface area contributed by atoms with Crippen LogP contribution in [0, 0.1) is 12.2 Å². The summed E-state index contributed by atoms with van der Waals surface area (Å²) in [5.74, 6) is 0. The van der Waals surface area contributed by atoms with E-state index in [1.54, 1.807) is 20.0 Å². The molecular weight excluding hydrogens is 299 g/mol. The summed E-state index contributed by atoms with van der Waals surface area (Å²) < 4.78 is 0. The summed E-state index contributed by atoms with van der Waals surface area (Å²) in [7, 11) is 0. The van der Waals surface area contributed by atoms with E-state index in [1.165, 1.54) is 11.1 Å². The van der Waals surface area contributed by atoms with E-state index in [0.717, 1.165) is 25.7 Å². The second kappa shape index (κ2) is 17.1. The van der Waals surface area contributed by atoms with Crippen molar-refractivity contribution in [2.75, 3.05) is 0 Å². The monoisotopic (exact) mass is 320 g/mol. The number of hydrogen-bond donors (Lipinski definition) is 0. The first kappa shape index (κ1) is 23.2. The average Bonchev–Trinajstić information content (AvgIpc) is 3.05. The molecular formula is C15H22Cl2Ti. The van der Waals surface area contributed by atoms with Crippen LogP contribution >= 0.6 is 24.8 Å². The Bertz CT molecular complexity index is 272. The Morgan fingerprint density at radius 2 is 1.28 bits per heavy atom. The van der Waals surface area contributed by atoms with Crippen molar-refractivity contribution in [1.29, 1.82) is 0 Å². The van der Waals surface area contributed by atoms with Gasteiger partial charge in [0.2, 0.25) is 0 Å². The van der Waals surface area contributed by atoms with E-state index < -0.39 is 0 Å². The number of hydrogen-bond acceptors (Lipinski definition) is 0. The summed E-state index contributed by atoms with van der Waals surface area (Å²) in [6, 6.07) is 0. The van der Waals surface area contributed by atoms with E-state index in [9.17, 15) is 0 Å². The van der Waals surface area contributed by atoms with Gasteiger partial charge in [-0.05, 0) is 0 Å². The van der Waals surface area contributed by atoms with E-state index in [0.29, 0.717) is 0 Å².